The molecule has 0 bridgehead atoms. The van der Waals surface area contributed by atoms with E-state index in [-0.39, 0.29) is 11.4 Å². The maximum absolute atomic E-state index is 12.4. The first-order valence-corrected chi connectivity index (χ1v) is 11.8. The third-order valence-corrected chi connectivity index (χ3v) is 6.18. The summed E-state index contributed by atoms with van der Waals surface area (Å²) in [4.78, 5) is 16.7. The molecule has 0 atom stereocenters. The Balaban J connectivity index is 1.32. The summed E-state index contributed by atoms with van der Waals surface area (Å²) in [6.45, 7) is 12.1. The monoisotopic (exact) mass is 487 g/mol. The molecule has 0 spiro atoms. The number of rotatable bonds is 7. The molecule has 1 fully saturated rings. The summed E-state index contributed by atoms with van der Waals surface area (Å²) in [5.41, 5.74) is 2.70. The van der Waals surface area contributed by atoms with Crippen molar-refractivity contribution in [3.05, 3.63) is 64.1 Å². The second-order valence-electron chi connectivity index (χ2n) is 9.08. The minimum atomic E-state index is 0.0232. The summed E-state index contributed by atoms with van der Waals surface area (Å²) in [6.07, 6.45) is 0.771. The average molecular weight is 488 g/mol. The van der Waals surface area contributed by atoms with E-state index >= 15 is 0 Å². The first-order valence-electron chi connectivity index (χ1n) is 11.0. The number of urea groups is 1. The van der Waals surface area contributed by atoms with Gasteiger partial charge in [0.15, 0.2) is 0 Å². The standard InChI is InChI=1S/C25H34BrN3O2/c1-25(2,3)21-10-11-23(22(26)18-21)31-17-7-12-27-24(30)29-15-13-28(14-16-29)19-20-8-5-4-6-9-20/h4-6,8-11,18H,7,12-17,19H2,1-3H3,(H,27,30). The van der Waals surface area contributed by atoms with Gasteiger partial charge in [0.25, 0.3) is 0 Å². The number of halogens is 1. The molecular weight excluding hydrogens is 454 g/mol. The number of nitrogens with one attached hydrogen (secondary N) is 1. The van der Waals surface area contributed by atoms with Crippen LogP contribution in [-0.4, -0.2) is 55.2 Å². The number of amides is 2. The van der Waals surface area contributed by atoms with Crippen molar-refractivity contribution in [2.45, 2.75) is 39.2 Å². The van der Waals surface area contributed by atoms with Gasteiger partial charge in [-0.05, 0) is 51.0 Å². The molecule has 0 aliphatic carbocycles. The van der Waals surface area contributed by atoms with E-state index in [0.29, 0.717) is 13.2 Å². The van der Waals surface area contributed by atoms with Crippen molar-refractivity contribution in [2.75, 3.05) is 39.3 Å². The molecule has 31 heavy (non-hydrogen) atoms. The van der Waals surface area contributed by atoms with E-state index in [0.717, 1.165) is 49.4 Å². The molecule has 1 N–H and O–H groups in total. The molecule has 168 valence electrons. The van der Waals surface area contributed by atoms with Crippen LogP contribution in [-0.2, 0) is 12.0 Å². The zero-order valence-corrected chi connectivity index (χ0v) is 20.5. The van der Waals surface area contributed by atoms with Crippen molar-refractivity contribution in [2.24, 2.45) is 0 Å². The first-order chi connectivity index (χ1) is 14.8. The highest BCUT2D eigenvalue weighted by Gasteiger charge is 2.20. The smallest absolute Gasteiger partial charge is 0.317 e. The predicted octanol–water partition coefficient (Wildman–Crippen LogP) is 5.04. The SMILES string of the molecule is CC(C)(C)c1ccc(OCCCNC(=O)N2CCN(Cc3ccccc3)CC2)c(Br)c1. The molecule has 0 aromatic heterocycles. The second-order valence-corrected chi connectivity index (χ2v) is 9.93. The first kappa shape index (κ1) is 23.6. The Hall–Kier alpha value is -2.05. The second kappa shape index (κ2) is 11.0. The lowest BCUT2D eigenvalue weighted by Gasteiger charge is -2.34. The molecule has 0 unspecified atom stereocenters. The van der Waals surface area contributed by atoms with E-state index in [9.17, 15) is 4.79 Å². The van der Waals surface area contributed by atoms with Gasteiger partial charge in [-0.15, -0.1) is 0 Å². The van der Waals surface area contributed by atoms with Crippen LogP contribution in [0.15, 0.2) is 53.0 Å². The van der Waals surface area contributed by atoms with E-state index < -0.39 is 0 Å². The molecule has 1 aliphatic rings. The maximum atomic E-state index is 12.4. The van der Waals surface area contributed by atoms with E-state index in [2.05, 4.69) is 83.3 Å². The minimum absolute atomic E-state index is 0.0232. The van der Waals surface area contributed by atoms with Crippen molar-refractivity contribution < 1.29 is 9.53 Å². The fraction of sp³-hybridized carbons (Fsp3) is 0.480. The van der Waals surface area contributed by atoms with Crippen LogP contribution in [0.5, 0.6) is 5.75 Å². The lowest BCUT2D eigenvalue weighted by molar-refractivity contribution is 0.135. The van der Waals surface area contributed by atoms with Crippen LogP contribution in [0.3, 0.4) is 0 Å². The molecule has 0 radical (unpaired) electrons. The van der Waals surface area contributed by atoms with Crippen LogP contribution >= 0.6 is 15.9 Å². The number of nitrogens with zero attached hydrogens (tertiary/aromatic N) is 2. The fourth-order valence-corrected chi connectivity index (χ4v) is 4.09. The van der Waals surface area contributed by atoms with Crippen LogP contribution < -0.4 is 10.1 Å². The van der Waals surface area contributed by atoms with Crippen molar-refractivity contribution in [3.8, 4) is 5.75 Å². The van der Waals surface area contributed by atoms with Gasteiger partial charge in [0, 0.05) is 39.3 Å². The summed E-state index contributed by atoms with van der Waals surface area (Å²) in [6, 6.07) is 16.8. The molecule has 2 aromatic carbocycles. The molecular formula is C25H34BrN3O2. The van der Waals surface area contributed by atoms with Gasteiger partial charge in [-0.25, -0.2) is 4.79 Å². The van der Waals surface area contributed by atoms with Crippen LogP contribution in [0.2, 0.25) is 0 Å². The maximum Gasteiger partial charge on any atom is 0.317 e. The third-order valence-electron chi connectivity index (χ3n) is 5.56. The highest BCUT2D eigenvalue weighted by molar-refractivity contribution is 9.10. The molecule has 1 aliphatic heterocycles. The van der Waals surface area contributed by atoms with Crippen molar-refractivity contribution in [1.29, 1.82) is 0 Å². The molecule has 2 amide bonds. The Kier molecular flexibility index (Phi) is 8.38. The van der Waals surface area contributed by atoms with E-state index in [1.54, 1.807) is 0 Å². The van der Waals surface area contributed by atoms with Crippen molar-refractivity contribution >= 4 is 22.0 Å². The number of carbonyl (C=O) groups excluding carboxylic acids is 1. The van der Waals surface area contributed by atoms with Gasteiger partial charge in [0.2, 0.25) is 0 Å². The third kappa shape index (κ3) is 7.25. The summed E-state index contributed by atoms with van der Waals surface area (Å²) in [5.74, 6) is 0.842. The summed E-state index contributed by atoms with van der Waals surface area (Å²) in [7, 11) is 0. The van der Waals surface area contributed by atoms with Gasteiger partial charge in [0.1, 0.15) is 5.75 Å². The quantitative estimate of drug-likeness (QED) is 0.556. The van der Waals surface area contributed by atoms with Gasteiger partial charge >= 0.3 is 6.03 Å². The summed E-state index contributed by atoms with van der Waals surface area (Å²) >= 11 is 3.60. The zero-order valence-electron chi connectivity index (χ0n) is 18.9. The van der Waals surface area contributed by atoms with Gasteiger partial charge in [-0.1, -0.05) is 57.2 Å². The van der Waals surface area contributed by atoms with E-state index in [4.69, 9.17) is 4.74 Å². The average Bonchev–Trinajstić information content (AvgIpc) is 2.75. The Morgan fingerprint density at radius 3 is 2.42 bits per heavy atom. The molecule has 2 aromatic rings. The number of ether oxygens (including phenoxy) is 1. The van der Waals surface area contributed by atoms with Gasteiger partial charge in [0.05, 0.1) is 11.1 Å². The number of piperazine rings is 1. The fourth-order valence-electron chi connectivity index (χ4n) is 3.60. The topological polar surface area (TPSA) is 44.8 Å². The van der Waals surface area contributed by atoms with Crippen molar-refractivity contribution in [1.82, 2.24) is 15.1 Å². The predicted molar refractivity (Wildman–Crippen MR) is 130 cm³/mol. The largest absolute Gasteiger partial charge is 0.492 e. The van der Waals surface area contributed by atoms with Crippen LogP contribution in [0.4, 0.5) is 4.79 Å². The molecule has 1 heterocycles. The summed E-state index contributed by atoms with van der Waals surface area (Å²) in [5, 5.41) is 3.02. The highest BCUT2D eigenvalue weighted by Crippen LogP contribution is 2.31. The Bertz CT molecular complexity index is 844. The Labute approximate surface area is 194 Å². The van der Waals surface area contributed by atoms with Crippen LogP contribution in [0.1, 0.15) is 38.3 Å². The molecule has 6 heteroatoms. The van der Waals surface area contributed by atoms with Crippen molar-refractivity contribution in [3.63, 3.8) is 0 Å². The van der Waals surface area contributed by atoms with Gasteiger partial charge in [-0.2, -0.15) is 0 Å². The lowest BCUT2D eigenvalue weighted by atomic mass is 9.87. The van der Waals surface area contributed by atoms with Gasteiger partial charge in [-0.3, -0.25) is 4.90 Å². The molecule has 3 rings (SSSR count). The Morgan fingerprint density at radius 2 is 1.77 bits per heavy atom. The van der Waals surface area contributed by atoms with Crippen LogP contribution in [0, 0.1) is 0 Å². The van der Waals surface area contributed by atoms with E-state index in [1.165, 1.54) is 11.1 Å². The zero-order chi connectivity index (χ0) is 22.3. The Morgan fingerprint density at radius 1 is 1.06 bits per heavy atom. The molecule has 1 saturated heterocycles. The van der Waals surface area contributed by atoms with Gasteiger partial charge < -0.3 is 15.0 Å². The number of carbonyl (C=O) groups is 1. The normalized spacial score (nSPS) is 15.0. The molecule has 5 nitrogen and oxygen atoms in total. The number of benzene rings is 2. The highest BCUT2D eigenvalue weighted by atomic mass is 79.9. The number of hydrogen-bond donors (Lipinski definition) is 1. The lowest BCUT2D eigenvalue weighted by Crippen LogP contribution is -2.51. The molecule has 0 saturated carbocycles. The summed E-state index contributed by atoms with van der Waals surface area (Å²) < 4.78 is 6.85. The minimum Gasteiger partial charge on any atom is -0.492 e. The van der Waals surface area contributed by atoms with E-state index in [1.807, 2.05) is 17.0 Å². The number of hydrogen-bond acceptors (Lipinski definition) is 3. The van der Waals surface area contributed by atoms with Crippen LogP contribution in [0.25, 0.3) is 0 Å².